The maximum absolute atomic E-state index is 12.5. The zero-order valence-electron chi connectivity index (χ0n) is 18.4. The Kier molecular flexibility index (Phi) is 10.1. The van der Waals surface area contributed by atoms with Crippen LogP contribution in [0.3, 0.4) is 0 Å². The molecule has 32 heavy (non-hydrogen) atoms. The lowest BCUT2D eigenvalue weighted by molar-refractivity contribution is -0.154. The van der Waals surface area contributed by atoms with Crippen LogP contribution in [-0.4, -0.2) is 53.8 Å². The monoisotopic (exact) mass is 442 g/mol. The highest BCUT2D eigenvalue weighted by Gasteiger charge is 2.20. The van der Waals surface area contributed by atoms with E-state index in [-0.39, 0.29) is 31.4 Å². The number of ether oxygens (including phenoxy) is 1. The van der Waals surface area contributed by atoms with Gasteiger partial charge in [0.05, 0.1) is 32.4 Å². The third-order valence-corrected chi connectivity index (χ3v) is 4.97. The first kappa shape index (κ1) is 24.8. The summed E-state index contributed by atoms with van der Waals surface area (Å²) in [6, 6.07) is 8.86. The summed E-state index contributed by atoms with van der Waals surface area (Å²) in [5.74, 6) is -0.622. The average molecular weight is 443 g/mol. The molecule has 9 heteroatoms. The van der Waals surface area contributed by atoms with Gasteiger partial charge in [-0.2, -0.15) is 0 Å². The topological polar surface area (TPSA) is 121 Å². The Morgan fingerprint density at radius 3 is 2.72 bits per heavy atom. The fourth-order valence-corrected chi connectivity index (χ4v) is 3.20. The minimum absolute atomic E-state index is 0.0700. The number of unbranched alkanes of at least 4 members (excludes halogenated alkanes) is 2. The van der Waals surface area contributed by atoms with Crippen molar-refractivity contribution < 1.29 is 24.3 Å². The number of methoxy groups -OCH3 is 1. The molecule has 0 saturated carbocycles. The Morgan fingerprint density at radius 1 is 1.19 bits per heavy atom. The first-order valence-electron chi connectivity index (χ1n) is 10.5. The minimum atomic E-state index is -0.558. The summed E-state index contributed by atoms with van der Waals surface area (Å²) in [6.45, 7) is 1.89. The van der Waals surface area contributed by atoms with Crippen LogP contribution >= 0.6 is 0 Å². The van der Waals surface area contributed by atoms with E-state index in [9.17, 15) is 19.6 Å². The maximum atomic E-state index is 12.5. The second-order valence-corrected chi connectivity index (χ2v) is 7.34. The van der Waals surface area contributed by atoms with Crippen LogP contribution in [0.1, 0.15) is 43.0 Å². The maximum Gasteiger partial charge on any atom is 0.252 e. The van der Waals surface area contributed by atoms with Gasteiger partial charge >= 0.3 is 0 Å². The van der Waals surface area contributed by atoms with Gasteiger partial charge in [0.1, 0.15) is 5.75 Å². The number of carbonyl (C=O) groups is 3. The molecule has 9 nitrogen and oxygen atoms in total. The molecular formula is C23H30N4O5. The largest absolute Gasteiger partial charge is 0.495 e. The summed E-state index contributed by atoms with van der Waals surface area (Å²) < 4.78 is 5.19. The Labute approximate surface area is 187 Å². The van der Waals surface area contributed by atoms with E-state index in [1.165, 1.54) is 0 Å². The van der Waals surface area contributed by atoms with Gasteiger partial charge < -0.3 is 15.4 Å². The van der Waals surface area contributed by atoms with Gasteiger partial charge in [-0.3, -0.25) is 24.6 Å². The van der Waals surface area contributed by atoms with Crippen molar-refractivity contribution in [3.63, 3.8) is 0 Å². The molecule has 2 aromatic rings. The predicted octanol–water partition coefficient (Wildman–Crippen LogP) is 2.60. The van der Waals surface area contributed by atoms with Crippen LogP contribution in [0.2, 0.25) is 0 Å². The fourth-order valence-electron chi connectivity index (χ4n) is 3.20. The lowest BCUT2D eigenvalue weighted by Crippen LogP contribution is -2.43. The molecule has 0 radical (unpaired) electrons. The van der Waals surface area contributed by atoms with Crippen molar-refractivity contribution in [2.24, 2.45) is 5.92 Å². The standard InChI is InChI=1S/C23H30N4O5/c1-3-4-5-7-19(14-27(31)16-28)23(30)26-15-25-22(29)18-9-6-8-17(10-18)20-11-21(32-2)13-24-12-20/h6,8-13,16,19,31H,3-5,7,14-15H2,1-2H3,(H,25,29)(H,26,30)/t19-/m1/s1. The highest BCUT2D eigenvalue weighted by atomic mass is 16.5. The van der Waals surface area contributed by atoms with Crippen LogP contribution in [0.5, 0.6) is 5.75 Å². The van der Waals surface area contributed by atoms with Crippen LogP contribution < -0.4 is 15.4 Å². The van der Waals surface area contributed by atoms with E-state index in [4.69, 9.17) is 4.74 Å². The fraction of sp³-hybridized carbons (Fsp3) is 0.391. The summed E-state index contributed by atoms with van der Waals surface area (Å²) in [4.78, 5) is 39.8. The van der Waals surface area contributed by atoms with Gasteiger partial charge in [-0.25, -0.2) is 5.06 Å². The molecule has 1 atom stereocenters. The molecule has 0 aliphatic heterocycles. The molecule has 0 aliphatic rings. The molecule has 2 rings (SSSR count). The molecule has 0 aliphatic carbocycles. The molecule has 1 aromatic heterocycles. The molecule has 3 N–H and O–H groups in total. The number of rotatable bonds is 13. The van der Waals surface area contributed by atoms with E-state index in [1.807, 2.05) is 19.1 Å². The van der Waals surface area contributed by atoms with Gasteiger partial charge in [-0.15, -0.1) is 0 Å². The second kappa shape index (κ2) is 13.1. The van der Waals surface area contributed by atoms with E-state index in [0.29, 0.717) is 22.8 Å². The Morgan fingerprint density at radius 2 is 2.00 bits per heavy atom. The number of hydroxylamine groups is 2. The zero-order chi connectivity index (χ0) is 23.3. The van der Waals surface area contributed by atoms with Crippen molar-refractivity contribution in [2.45, 2.75) is 32.6 Å². The zero-order valence-corrected chi connectivity index (χ0v) is 18.4. The molecule has 0 fully saturated rings. The number of hydrogen-bond acceptors (Lipinski definition) is 6. The van der Waals surface area contributed by atoms with Gasteiger partial charge in [0, 0.05) is 17.3 Å². The molecule has 0 bridgehead atoms. The van der Waals surface area contributed by atoms with Crippen LogP contribution in [0.25, 0.3) is 11.1 Å². The number of carbonyl (C=O) groups excluding carboxylic acids is 3. The SMILES string of the molecule is CCCCC[C@H](CN(O)C=O)C(=O)NCNC(=O)c1cccc(-c2cncc(OC)c2)c1. The van der Waals surface area contributed by atoms with E-state index < -0.39 is 5.92 Å². The molecule has 0 spiro atoms. The van der Waals surface area contributed by atoms with Gasteiger partial charge in [0.2, 0.25) is 12.3 Å². The van der Waals surface area contributed by atoms with Crippen molar-refractivity contribution in [1.82, 2.24) is 20.7 Å². The number of amides is 3. The second-order valence-electron chi connectivity index (χ2n) is 7.34. The summed E-state index contributed by atoms with van der Waals surface area (Å²) in [5, 5.41) is 15.2. The van der Waals surface area contributed by atoms with Crippen LogP contribution in [0, 0.1) is 5.92 Å². The molecule has 0 saturated heterocycles. The first-order chi connectivity index (χ1) is 15.5. The number of benzene rings is 1. The van der Waals surface area contributed by atoms with E-state index in [1.54, 1.807) is 37.7 Å². The lowest BCUT2D eigenvalue weighted by Gasteiger charge is -2.19. The summed E-state index contributed by atoms with van der Waals surface area (Å²) in [6.07, 6.45) is 6.84. The third-order valence-electron chi connectivity index (χ3n) is 4.97. The smallest absolute Gasteiger partial charge is 0.252 e. The molecule has 3 amide bonds. The normalized spacial score (nSPS) is 11.3. The van der Waals surface area contributed by atoms with Crippen molar-refractivity contribution in [3.05, 3.63) is 48.3 Å². The molecule has 172 valence electrons. The summed E-state index contributed by atoms with van der Waals surface area (Å²) >= 11 is 0. The van der Waals surface area contributed by atoms with Gasteiger partial charge in [-0.05, 0) is 30.2 Å². The Hall–Kier alpha value is -3.46. The lowest BCUT2D eigenvalue weighted by atomic mass is 10.0. The van der Waals surface area contributed by atoms with Gasteiger partial charge in [0.15, 0.2) is 0 Å². The number of nitrogens with one attached hydrogen (secondary N) is 2. The Balaban J connectivity index is 1.94. The van der Waals surface area contributed by atoms with Gasteiger partial charge in [-0.1, -0.05) is 38.3 Å². The summed E-state index contributed by atoms with van der Waals surface area (Å²) in [5.41, 5.74) is 2.05. The molecule has 0 unspecified atom stereocenters. The van der Waals surface area contributed by atoms with Crippen molar-refractivity contribution in [2.75, 3.05) is 20.3 Å². The van der Waals surface area contributed by atoms with E-state index in [2.05, 4.69) is 15.6 Å². The predicted molar refractivity (Wildman–Crippen MR) is 119 cm³/mol. The minimum Gasteiger partial charge on any atom is -0.495 e. The van der Waals surface area contributed by atoms with Crippen LogP contribution in [0.15, 0.2) is 42.7 Å². The van der Waals surface area contributed by atoms with Crippen molar-refractivity contribution in [1.29, 1.82) is 0 Å². The highest BCUT2D eigenvalue weighted by Crippen LogP contribution is 2.23. The third kappa shape index (κ3) is 7.66. The van der Waals surface area contributed by atoms with Crippen LogP contribution in [-0.2, 0) is 9.59 Å². The molecule has 1 heterocycles. The first-order valence-corrected chi connectivity index (χ1v) is 10.5. The van der Waals surface area contributed by atoms with Crippen molar-refractivity contribution >= 4 is 18.2 Å². The number of pyridine rings is 1. The highest BCUT2D eigenvalue weighted by molar-refractivity contribution is 5.95. The number of aromatic nitrogens is 1. The molecular weight excluding hydrogens is 412 g/mol. The number of nitrogens with zero attached hydrogens (tertiary/aromatic N) is 2. The number of hydrogen-bond donors (Lipinski definition) is 3. The average Bonchev–Trinajstić information content (AvgIpc) is 2.83. The quantitative estimate of drug-likeness (QED) is 0.144. The Bertz CT molecular complexity index is 905. The van der Waals surface area contributed by atoms with Crippen molar-refractivity contribution in [3.8, 4) is 16.9 Å². The van der Waals surface area contributed by atoms with E-state index >= 15 is 0 Å². The molecule has 1 aromatic carbocycles. The van der Waals surface area contributed by atoms with Crippen LogP contribution in [0.4, 0.5) is 0 Å². The van der Waals surface area contributed by atoms with Gasteiger partial charge in [0.25, 0.3) is 5.91 Å². The summed E-state index contributed by atoms with van der Waals surface area (Å²) in [7, 11) is 1.56. The van der Waals surface area contributed by atoms with E-state index in [0.717, 1.165) is 30.4 Å².